The predicted molar refractivity (Wildman–Crippen MR) is 36.8 cm³/mol. The van der Waals surface area contributed by atoms with Gasteiger partial charge in [-0.2, -0.15) is 0 Å². The Balaban J connectivity index is 2.77. The molecule has 1 aromatic rings. The summed E-state index contributed by atoms with van der Waals surface area (Å²) in [6.07, 6.45) is 0.197. The second kappa shape index (κ2) is 2.63. The van der Waals surface area contributed by atoms with Gasteiger partial charge < -0.3 is 5.11 Å². The van der Waals surface area contributed by atoms with E-state index in [-0.39, 0.29) is 0 Å². The Kier molecular flexibility index (Phi) is 1.83. The molecule has 54 valence electrons. The number of anilines is 1. The van der Waals surface area contributed by atoms with E-state index in [1.165, 1.54) is 23.0 Å². The minimum absolute atomic E-state index is 0.410. The number of hydrogen-bond acceptors (Lipinski definition) is 4. The van der Waals surface area contributed by atoms with E-state index < -0.39 is 6.09 Å². The van der Waals surface area contributed by atoms with Crippen LogP contribution in [0.25, 0.3) is 0 Å². The standard InChI is InChI=1S/C4H5N3O2S/c5-7(4(8)9)3-1-6-2-10-3/h1-2H,5H2,(H,8,9). The number of thiazole rings is 1. The lowest BCUT2D eigenvalue weighted by Crippen LogP contribution is -2.35. The van der Waals surface area contributed by atoms with Crippen molar-refractivity contribution in [3.63, 3.8) is 0 Å². The number of carbonyl (C=O) groups is 1. The van der Waals surface area contributed by atoms with Gasteiger partial charge in [-0.25, -0.2) is 15.6 Å². The van der Waals surface area contributed by atoms with Crippen molar-refractivity contribution in [1.29, 1.82) is 0 Å². The van der Waals surface area contributed by atoms with Crippen molar-refractivity contribution >= 4 is 22.4 Å². The third-order valence-corrected chi connectivity index (χ3v) is 1.63. The SMILES string of the molecule is NN(C(=O)O)c1cncs1. The van der Waals surface area contributed by atoms with Crippen LogP contribution in [0.2, 0.25) is 0 Å². The molecule has 0 fully saturated rings. The molecule has 1 rings (SSSR count). The van der Waals surface area contributed by atoms with Gasteiger partial charge >= 0.3 is 6.09 Å². The summed E-state index contributed by atoms with van der Waals surface area (Å²) in [6.45, 7) is 0. The van der Waals surface area contributed by atoms with Crippen LogP contribution in [0, 0.1) is 0 Å². The summed E-state index contributed by atoms with van der Waals surface area (Å²) in [5, 5.41) is 9.37. The van der Waals surface area contributed by atoms with Gasteiger partial charge in [-0.05, 0) is 0 Å². The Morgan fingerprint density at radius 3 is 3.00 bits per heavy atom. The molecule has 0 spiro atoms. The molecule has 0 atom stereocenters. The maximum Gasteiger partial charge on any atom is 0.427 e. The van der Waals surface area contributed by atoms with Gasteiger partial charge in [0.25, 0.3) is 0 Å². The molecular weight excluding hydrogens is 154 g/mol. The molecule has 0 saturated heterocycles. The van der Waals surface area contributed by atoms with Crippen LogP contribution in [-0.4, -0.2) is 16.2 Å². The van der Waals surface area contributed by atoms with Crippen LogP contribution in [0.15, 0.2) is 11.7 Å². The molecule has 0 aromatic carbocycles. The van der Waals surface area contributed by atoms with Gasteiger partial charge in [-0.1, -0.05) is 0 Å². The average Bonchev–Trinajstić information content (AvgIpc) is 2.36. The number of hydrazine groups is 1. The zero-order valence-electron chi connectivity index (χ0n) is 4.89. The van der Waals surface area contributed by atoms with Gasteiger partial charge in [0.05, 0.1) is 11.7 Å². The van der Waals surface area contributed by atoms with Crippen LogP contribution >= 0.6 is 11.3 Å². The van der Waals surface area contributed by atoms with Crippen molar-refractivity contribution in [2.24, 2.45) is 5.84 Å². The number of hydrogen-bond donors (Lipinski definition) is 2. The minimum atomic E-state index is -1.19. The Morgan fingerprint density at radius 2 is 2.60 bits per heavy atom. The average molecular weight is 159 g/mol. The molecular formula is C4H5N3O2S. The van der Waals surface area contributed by atoms with E-state index in [0.29, 0.717) is 10.0 Å². The summed E-state index contributed by atoms with van der Waals surface area (Å²) >= 11 is 1.17. The highest BCUT2D eigenvalue weighted by atomic mass is 32.1. The zero-order valence-corrected chi connectivity index (χ0v) is 5.71. The Bertz CT molecular complexity index is 222. The van der Waals surface area contributed by atoms with Crippen molar-refractivity contribution in [3.8, 4) is 0 Å². The normalized spacial score (nSPS) is 9.30. The third-order valence-electron chi connectivity index (χ3n) is 0.863. The van der Waals surface area contributed by atoms with E-state index >= 15 is 0 Å². The first kappa shape index (κ1) is 6.97. The molecule has 0 radical (unpaired) electrons. The molecule has 0 unspecified atom stereocenters. The fourth-order valence-corrected chi connectivity index (χ4v) is 0.965. The number of rotatable bonds is 1. The molecule has 0 aliphatic rings. The van der Waals surface area contributed by atoms with E-state index in [1.54, 1.807) is 0 Å². The molecule has 1 heterocycles. The largest absolute Gasteiger partial charge is 0.464 e. The molecule has 6 heteroatoms. The summed E-state index contributed by atoms with van der Waals surface area (Å²) in [4.78, 5) is 13.8. The molecule has 10 heavy (non-hydrogen) atoms. The highest BCUT2D eigenvalue weighted by Gasteiger charge is 2.09. The lowest BCUT2D eigenvalue weighted by Gasteiger charge is -2.06. The number of nitrogens with zero attached hydrogens (tertiary/aromatic N) is 2. The third kappa shape index (κ3) is 1.23. The summed E-state index contributed by atoms with van der Waals surface area (Å²) in [5.74, 6) is 5.09. The summed E-state index contributed by atoms with van der Waals surface area (Å²) in [7, 11) is 0. The first-order valence-corrected chi connectivity index (χ1v) is 3.26. The predicted octanol–water partition coefficient (Wildman–Crippen LogP) is 0.501. The van der Waals surface area contributed by atoms with Gasteiger partial charge in [0.15, 0.2) is 0 Å². The van der Waals surface area contributed by atoms with Gasteiger partial charge in [0.1, 0.15) is 5.00 Å². The van der Waals surface area contributed by atoms with E-state index in [0.717, 1.165) is 0 Å². The van der Waals surface area contributed by atoms with Crippen LogP contribution in [0.3, 0.4) is 0 Å². The molecule has 0 bridgehead atoms. The van der Waals surface area contributed by atoms with Crippen LogP contribution in [0.1, 0.15) is 0 Å². The summed E-state index contributed by atoms with van der Waals surface area (Å²) in [6, 6.07) is 0. The van der Waals surface area contributed by atoms with E-state index in [1.807, 2.05) is 0 Å². The number of amides is 1. The Morgan fingerprint density at radius 1 is 1.90 bits per heavy atom. The van der Waals surface area contributed by atoms with Crippen molar-refractivity contribution in [2.45, 2.75) is 0 Å². The van der Waals surface area contributed by atoms with Crippen LogP contribution in [0.5, 0.6) is 0 Å². The second-order valence-corrected chi connectivity index (χ2v) is 2.36. The number of carboxylic acid groups (broad SMARTS) is 1. The first-order valence-electron chi connectivity index (χ1n) is 2.38. The second-order valence-electron chi connectivity index (χ2n) is 1.49. The highest BCUT2D eigenvalue weighted by molar-refractivity contribution is 7.13. The maximum atomic E-state index is 10.2. The van der Waals surface area contributed by atoms with Gasteiger partial charge in [0.2, 0.25) is 0 Å². The number of nitrogens with two attached hydrogens (primary N) is 1. The monoisotopic (exact) mass is 159 g/mol. The molecule has 5 nitrogen and oxygen atoms in total. The van der Waals surface area contributed by atoms with E-state index in [2.05, 4.69) is 4.98 Å². The quantitative estimate of drug-likeness (QED) is 0.355. The smallest absolute Gasteiger partial charge is 0.427 e. The lowest BCUT2D eigenvalue weighted by molar-refractivity contribution is 0.202. The molecule has 1 amide bonds. The minimum Gasteiger partial charge on any atom is -0.464 e. The molecule has 1 aromatic heterocycles. The first-order chi connectivity index (χ1) is 4.72. The number of aromatic nitrogens is 1. The molecule has 0 saturated carbocycles. The summed E-state index contributed by atoms with van der Waals surface area (Å²) in [5.41, 5.74) is 1.51. The van der Waals surface area contributed by atoms with Gasteiger partial charge in [-0.15, -0.1) is 11.3 Å². The van der Waals surface area contributed by atoms with Crippen molar-refractivity contribution in [1.82, 2.24) is 4.98 Å². The van der Waals surface area contributed by atoms with Crippen molar-refractivity contribution < 1.29 is 9.90 Å². The van der Waals surface area contributed by atoms with Crippen molar-refractivity contribution in [2.75, 3.05) is 5.01 Å². The van der Waals surface area contributed by atoms with E-state index in [4.69, 9.17) is 10.9 Å². The lowest BCUT2D eigenvalue weighted by atomic mass is 10.8. The van der Waals surface area contributed by atoms with Crippen molar-refractivity contribution in [3.05, 3.63) is 11.7 Å². The Hall–Kier alpha value is -1.14. The van der Waals surface area contributed by atoms with Gasteiger partial charge in [0, 0.05) is 0 Å². The fraction of sp³-hybridized carbons (Fsp3) is 0. The highest BCUT2D eigenvalue weighted by Crippen LogP contribution is 2.15. The van der Waals surface area contributed by atoms with Gasteiger partial charge in [-0.3, -0.25) is 4.98 Å². The molecule has 0 aliphatic carbocycles. The maximum absolute atomic E-state index is 10.2. The topological polar surface area (TPSA) is 79.5 Å². The van der Waals surface area contributed by atoms with E-state index in [9.17, 15) is 4.79 Å². The van der Waals surface area contributed by atoms with Crippen LogP contribution < -0.4 is 10.9 Å². The summed E-state index contributed by atoms with van der Waals surface area (Å²) < 4.78 is 0. The zero-order chi connectivity index (χ0) is 7.56. The fourth-order valence-electron chi connectivity index (χ4n) is 0.422. The molecule has 0 aliphatic heterocycles. The Labute approximate surface area is 60.7 Å². The molecule has 3 N–H and O–H groups in total. The van der Waals surface area contributed by atoms with Crippen LogP contribution in [0.4, 0.5) is 9.80 Å². The van der Waals surface area contributed by atoms with Crippen LogP contribution in [-0.2, 0) is 0 Å².